The van der Waals surface area contributed by atoms with Crippen molar-refractivity contribution >= 4 is 23.2 Å². The molecule has 5 rings (SSSR count). The molecule has 2 saturated heterocycles. The summed E-state index contributed by atoms with van der Waals surface area (Å²) in [6, 6.07) is 14.1. The molecule has 3 aromatic rings. The van der Waals surface area contributed by atoms with Gasteiger partial charge in [-0.3, -0.25) is 4.79 Å². The Morgan fingerprint density at radius 3 is 2.24 bits per heavy atom. The molecular weight excluding hydrogens is 441 g/mol. The molecule has 0 atom stereocenters. The van der Waals surface area contributed by atoms with E-state index >= 15 is 0 Å². The molecule has 33 heavy (non-hydrogen) atoms. The van der Waals surface area contributed by atoms with Gasteiger partial charge in [-0.2, -0.15) is 5.10 Å². The molecule has 0 spiro atoms. The fourth-order valence-corrected chi connectivity index (χ4v) is 4.91. The summed E-state index contributed by atoms with van der Waals surface area (Å²) >= 11 is 6.01. The monoisotopic (exact) mass is 467 g/mol. The number of benzene rings is 2. The lowest BCUT2D eigenvalue weighted by molar-refractivity contribution is 0.0744. The third kappa shape index (κ3) is 4.61. The fraction of sp³-hybridized carbons (Fsp3) is 0.360. The molecule has 0 bridgehead atoms. The van der Waals surface area contributed by atoms with Crippen LogP contribution < -0.4 is 10.2 Å². The second-order valence-electron chi connectivity index (χ2n) is 8.61. The average molecular weight is 468 g/mol. The van der Waals surface area contributed by atoms with Crippen LogP contribution in [0.4, 0.5) is 10.1 Å². The highest BCUT2D eigenvalue weighted by Crippen LogP contribution is 2.31. The normalized spacial score (nSPS) is 17.4. The van der Waals surface area contributed by atoms with Crippen LogP contribution in [0, 0.1) is 5.82 Å². The zero-order chi connectivity index (χ0) is 22.8. The summed E-state index contributed by atoms with van der Waals surface area (Å²) in [4.78, 5) is 17.8. The Morgan fingerprint density at radius 1 is 0.939 bits per heavy atom. The highest BCUT2D eigenvalue weighted by Gasteiger charge is 2.30. The quantitative estimate of drug-likeness (QED) is 0.627. The molecule has 2 aliphatic rings. The van der Waals surface area contributed by atoms with Gasteiger partial charge in [-0.1, -0.05) is 11.6 Å². The largest absolute Gasteiger partial charge is 0.368 e. The number of hydrogen-bond donors (Lipinski definition) is 1. The molecule has 2 fully saturated rings. The van der Waals surface area contributed by atoms with Gasteiger partial charge in [0.1, 0.15) is 5.82 Å². The molecule has 1 amide bonds. The number of rotatable bonds is 4. The number of halogens is 2. The van der Waals surface area contributed by atoms with Crippen LogP contribution in [0.25, 0.3) is 5.69 Å². The van der Waals surface area contributed by atoms with Crippen molar-refractivity contribution in [3.8, 4) is 5.69 Å². The minimum absolute atomic E-state index is 0.0210. The predicted octanol–water partition coefficient (Wildman–Crippen LogP) is 4.09. The van der Waals surface area contributed by atoms with E-state index in [1.54, 1.807) is 18.3 Å². The molecule has 0 unspecified atom stereocenters. The van der Waals surface area contributed by atoms with E-state index in [1.807, 2.05) is 33.8 Å². The van der Waals surface area contributed by atoms with Gasteiger partial charge in [0.25, 0.3) is 5.91 Å². The van der Waals surface area contributed by atoms with Gasteiger partial charge in [-0.25, -0.2) is 9.07 Å². The number of nitrogens with zero attached hydrogens (tertiary/aromatic N) is 4. The first kappa shape index (κ1) is 21.9. The minimum Gasteiger partial charge on any atom is -0.368 e. The lowest BCUT2D eigenvalue weighted by Gasteiger charge is -2.36. The summed E-state index contributed by atoms with van der Waals surface area (Å²) < 4.78 is 15.3. The Morgan fingerprint density at radius 2 is 1.58 bits per heavy atom. The number of hydrogen-bond acceptors (Lipinski definition) is 4. The summed E-state index contributed by atoms with van der Waals surface area (Å²) in [6.07, 6.45) is 3.57. The lowest BCUT2D eigenvalue weighted by Crippen LogP contribution is -2.49. The zero-order valence-electron chi connectivity index (χ0n) is 18.4. The molecule has 2 aliphatic heterocycles. The number of carbonyl (C=O) groups is 1. The first-order valence-corrected chi connectivity index (χ1v) is 11.8. The van der Waals surface area contributed by atoms with Gasteiger partial charge < -0.3 is 15.1 Å². The van der Waals surface area contributed by atoms with Gasteiger partial charge in [-0.15, -0.1) is 0 Å². The second kappa shape index (κ2) is 9.53. The summed E-state index contributed by atoms with van der Waals surface area (Å²) in [5, 5.41) is 8.69. The van der Waals surface area contributed by atoms with Crippen molar-refractivity contribution in [1.82, 2.24) is 20.0 Å². The maximum atomic E-state index is 13.6. The summed E-state index contributed by atoms with van der Waals surface area (Å²) in [7, 11) is 0. The van der Waals surface area contributed by atoms with Gasteiger partial charge in [0, 0.05) is 42.8 Å². The second-order valence-corrected chi connectivity index (χ2v) is 9.05. The number of nitrogens with one attached hydrogen (secondary N) is 1. The van der Waals surface area contributed by atoms with Gasteiger partial charge in [-0.05, 0) is 74.5 Å². The predicted molar refractivity (Wildman–Crippen MR) is 128 cm³/mol. The number of piperazine rings is 1. The SMILES string of the molecule is O=C(c1cnn(-c2ccc(F)cc2)c1C1CCNCC1)N1CCN(c2ccc(Cl)cc2)CC1. The molecule has 1 N–H and O–H groups in total. The summed E-state index contributed by atoms with van der Waals surface area (Å²) in [5.41, 5.74) is 3.49. The van der Waals surface area contributed by atoms with Gasteiger partial charge in [0.15, 0.2) is 0 Å². The van der Waals surface area contributed by atoms with Crippen molar-refractivity contribution in [3.05, 3.63) is 76.8 Å². The number of carbonyl (C=O) groups excluding carboxylic acids is 1. The Hall–Kier alpha value is -2.90. The van der Waals surface area contributed by atoms with E-state index in [9.17, 15) is 9.18 Å². The van der Waals surface area contributed by atoms with Crippen LogP contribution >= 0.6 is 11.6 Å². The number of anilines is 1. The Kier molecular flexibility index (Phi) is 6.33. The van der Waals surface area contributed by atoms with Crippen molar-refractivity contribution in [3.63, 3.8) is 0 Å². The van der Waals surface area contributed by atoms with E-state index in [0.29, 0.717) is 18.7 Å². The smallest absolute Gasteiger partial charge is 0.257 e. The minimum atomic E-state index is -0.288. The molecule has 1 aromatic heterocycles. The first-order valence-electron chi connectivity index (χ1n) is 11.4. The summed E-state index contributed by atoms with van der Waals surface area (Å²) in [6.45, 7) is 4.65. The van der Waals surface area contributed by atoms with Crippen molar-refractivity contribution in [1.29, 1.82) is 0 Å². The Labute approximate surface area is 197 Å². The third-order valence-electron chi connectivity index (χ3n) is 6.59. The van der Waals surface area contributed by atoms with E-state index < -0.39 is 0 Å². The van der Waals surface area contributed by atoms with Gasteiger partial charge in [0.2, 0.25) is 0 Å². The van der Waals surface area contributed by atoms with Crippen molar-refractivity contribution < 1.29 is 9.18 Å². The van der Waals surface area contributed by atoms with E-state index in [2.05, 4.69) is 15.3 Å². The van der Waals surface area contributed by atoms with E-state index in [0.717, 1.165) is 61.1 Å². The van der Waals surface area contributed by atoms with Crippen molar-refractivity contribution in [2.45, 2.75) is 18.8 Å². The standard InChI is InChI=1S/C25H27ClFN5O/c26-19-1-5-21(6-2-19)30-13-15-31(16-14-30)25(33)23-17-29-32(22-7-3-20(27)4-8-22)24(23)18-9-11-28-12-10-18/h1-8,17-18,28H,9-16H2. The number of piperidine rings is 1. The maximum absolute atomic E-state index is 13.6. The topological polar surface area (TPSA) is 53.4 Å². The molecule has 0 saturated carbocycles. The van der Waals surface area contributed by atoms with Crippen LogP contribution in [-0.2, 0) is 0 Å². The highest BCUT2D eigenvalue weighted by molar-refractivity contribution is 6.30. The van der Waals surface area contributed by atoms with E-state index in [4.69, 9.17) is 11.6 Å². The Bertz CT molecular complexity index is 1100. The average Bonchev–Trinajstić information content (AvgIpc) is 3.30. The fourth-order valence-electron chi connectivity index (χ4n) is 4.79. The van der Waals surface area contributed by atoms with Crippen LogP contribution in [0.1, 0.15) is 34.8 Å². The zero-order valence-corrected chi connectivity index (χ0v) is 19.1. The molecule has 2 aromatic carbocycles. The third-order valence-corrected chi connectivity index (χ3v) is 6.84. The van der Waals surface area contributed by atoms with E-state index in [1.165, 1.54) is 12.1 Å². The first-order chi connectivity index (χ1) is 16.1. The lowest BCUT2D eigenvalue weighted by atomic mass is 9.91. The molecule has 8 heteroatoms. The number of aromatic nitrogens is 2. The van der Waals surface area contributed by atoms with Crippen LogP contribution in [0.5, 0.6) is 0 Å². The van der Waals surface area contributed by atoms with Crippen LogP contribution in [0.15, 0.2) is 54.7 Å². The molecular formula is C25H27ClFN5O. The number of amides is 1. The van der Waals surface area contributed by atoms with Crippen LogP contribution in [-0.4, -0.2) is 59.9 Å². The van der Waals surface area contributed by atoms with Gasteiger partial charge >= 0.3 is 0 Å². The van der Waals surface area contributed by atoms with Crippen LogP contribution in [0.3, 0.4) is 0 Å². The maximum Gasteiger partial charge on any atom is 0.257 e. The van der Waals surface area contributed by atoms with Crippen LogP contribution in [0.2, 0.25) is 5.02 Å². The van der Waals surface area contributed by atoms with Crippen molar-refractivity contribution in [2.75, 3.05) is 44.2 Å². The van der Waals surface area contributed by atoms with E-state index in [-0.39, 0.29) is 17.6 Å². The highest BCUT2D eigenvalue weighted by atomic mass is 35.5. The molecule has 0 aliphatic carbocycles. The molecule has 0 radical (unpaired) electrons. The molecule has 172 valence electrons. The molecule has 6 nitrogen and oxygen atoms in total. The molecule has 3 heterocycles. The summed E-state index contributed by atoms with van der Waals surface area (Å²) in [5.74, 6) is -0.0371. The Balaban J connectivity index is 1.38. The van der Waals surface area contributed by atoms with Gasteiger partial charge in [0.05, 0.1) is 23.1 Å². The van der Waals surface area contributed by atoms with Crippen molar-refractivity contribution in [2.24, 2.45) is 0 Å².